The quantitative estimate of drug-likeness (QED) is 0.698. The first-order chi connectivity index (χ1) is 9.81. The number of benzene rings is 2. The van der Waals surface area contributed by atoms with Gasteiger partial charge in [-0.15, -0.1) is 0 Å². The van der Waals surface area contributed by atoms with Crippen molar-refractivity contribution in [3.05, 3.63) is 66.1 Å². The summed E-state index contributed by atoms with van der Waals surface area (Å²) in [4.78, 5) is 0. The lowest BCUT2D eigenvalue weighted by atomic mass is 10.0. The normalized spacial score (nSPS) is 10.3. The summed E-state index contributed by atoms with van der Waals surface area (Å²) in [5.74, 6) is 1.82. The van der Waals surface area contributed by atoms with E-state index in [1.807, 2.05) is 24.3 Å². The minimum absolute atomic E-state index is 0.903. The average Bonchev–Trinajstić information content (AvgIpc) is 2.53. The molecule has 0 heterocycles. The smallest absolute Gasteiger partial charge is 0.118 e. The number of aryl methyl sites for hydroxylation is 1. The van der Waals surface area contributed by atoms with Gasteiger partial charge >= 0.3 is 0 Å². The predicted molar refractivity (Wildman–Crippen MR) is 82.3 cm³/mol. The number of unbranched alkanes of at least 4 members (excludes halogenated alkanes) is 1. The van der Waals surface area contributed by atoms with E-state index in [0.29, 0.717) is 0 Å². The van der Waals surface area contributed by atoms with Crippen molar-refractivity contribution in [3.63, 3.8) is 0 Å². The molecule has 0 aromatic heterocycles. The van der Waals surface area contributed by atoms with Gasteiger partial charge in [-0.1, -0.05) is 24.3 Å². The van der Waals surface area contributed by atoms with Gasteiger partial charge in [0.1, 0.15) is 11.5 Å². The Hall–Kier alpha value is -1.96. The molecule has 0 spiro atoms. The molecule has 2 rings (SSSR count). The van der Waals surface area contributed by atoms with Crippen LogP contribution in [0.1, 0.15) is 24.0 Å². The molecule has 0 aliphatic heterocycles. The van der Waals surface area contributed by atoms with Crippen LogP contribution in [0.25, 0.3) is 0 Å². The van der Waals surface area contributed by atoms with Crippen LogP contribution in [0.5, 0.6) is 11.5 Å². The van der Waals surface area contributed by atoms with Gasteiger partial charge in [0.15, 0.2) is 0 Å². The Morgan fingerprint density at radius 2 is 1.35 bits per heavy atom. The molecule has 0 saturated carbocycles. The Morgan fingerprint density at radius 3 is 1.90 bits per heavy atom. The predicted octanol–water partition coefficient (Wildman–Crippen LogP) is 4.28. The first-order valence-electron chi connectivity index (χ1n) is 6.92. The summed E-state index contributed by atoms with van der Waals surface area (Å²) < 4.78 is 10.3. The minimum atomic E-state index is 0.903. The lowest BCUT2D eigenvalue weighted by Gasteiger charge is -2.05. The van der Waals surface area contributed by atoms with Crippen LogP contribution in [0, 0.1) is 6.42 Å². The van der Waals surface area contributed by atoms with Crippen molar-refractivity contribution >= 4 is 0 Å². The lowest BCUT2D eigenvalue weighted by molar-refractivity contribution is 0.414. The Bertz CT molecular complexity index is 450. The van der Waals surface area contributed by atoms with Gasteiger partial charge in [0, 0.05) is 0 Å². The van der Waals surface area contributed by atoms with Crippen LogP contribution in [-0.2, 0) is 6.42 Å². The van der Waals surface area contributed by atoms with Gasteiger partial charge < -0.3 is 9.47 Å². The highest BCUT2D eigenvalue weighted by Gasteiger charge is 1.98. The molecule has 0 N–H and O–H groups in total. The van der Waals surface area contributed by atoms with E-state index in [9.17, 15) is 0 Å². The molecule has 2 heteroatoms. The molecule has 0 fully saturated rings. The zero-order chi connectivity index (χ0) is 14.2. The zero-order valence-electron chi connectivity index (χ0n) is 12.1. The number of hydrogen-bond donors (Lipinski definition) is 0. The van der Waals surface area contributed by atoms with Gasteiger partial charge in [-0.05, 0) is 61.1 Å². The maximum Gasteiger partial charge on any atom is 0.118 e. The van der Waals surface area contributed by atoms with E-state index in [2.05, 4.69) is 30.7 Å². The number of rotatable bonds is 7. The van der Waals surface area contributed by atoms with Crippen molar-refractivity contribution in [1.82, 2.24) is 0 Å². The summed E-state index contributed by atoms with van der Waals surface area (Å²) in [7, 11) is 3.38. The van der Waals surface area contributed by atoms with Crippen LogP contribution >= 0.6 is 0 Å². The average molecular weight is 269 g/mol. The van der Waals surface area contributed by atoms with Gasteiger partial charge in [-0.2, -0.15) is 0 Å². The van der Waals surface area contributed by atoms with E-state index in [1.54, 1.807) is 14.2 Å². The van der Waals surface area contributed by atoms with Gasteiger partial charge in [0.05, 0.1) is 14.2 Å². The summed E-state index contributed by atoms with van der Waals surface area (Å²) in [6.07, 6.45) is 5.59. The lowest BCUT2D eigenvalue weighted by Crippen LogP contribution is -1.89. The van der Waals surface area contributed by atoms with Crippen LogP contribution in [0.2, 0.25) is 0 Å². The van der Waals surface area contributed by atoms with Crippen molar-refractivity contribution in [1.29, 1.82) is 0 Å². The number of ether oxygens (including phenoxy) is 2. The molecular weight excluding hydrogens is 248 g/mol. The number of methoxy groups -OCH3 is 2. The summed E-state index contributed by atoms with van der Waals surface area (Å²) in [5.41, 5.74) is 2.61. The van der Waals surface area contributed by atoms with Gasteiger partial charge in [0.25, 0.3) is 0 Å². The van der Waals surface area contributed by atoms with Crippen LogP contribution in [0.4, 0.5) is 0 Å². The topological polar surface area (TPSA) is 18.5 Å². The highest BCUT2D eigenvalue weighted by Crippen LogP contribution is 2.16. The molecule has 2 nitrogen and oxygen atoms in total. The standard InChI is InChI=1S/C18H21O2/c1-19-17-11-7-15(8-12-17)5-3-4-6-16-9-13-18(20-2)14-10-16/h5,7-14H,3-4,6H2,1-2H3. The second-order valence-electron chi connectivity index (χ2n) is 4.72. The van der Waals surface area contributed by atoms with Gasteiger partial charge in [0.2, 0.25) is 0 Å². The van der Waals surface area contributed by atoms with E-state index in [0.717, 1.165) is 30.8 Å². The maximum absolute atomic E-state index is 5.16. The molecule has 105 valence electrons. The Kier molecular flexibility index (Phi) is 5.48. The molecular formula is C18H21O2. The molecule has 0 atom stereocenters. The third kappa shape index (κ3) is 4.30. The van der Waals surface area contributed by atoms with Gasteiger partial charge in [-0.25, -0.2) is 0 Å². The highest BCUT2D eigenvalue weighted by atomic mass is 16.5. The summed E-state index contributed by atoms with van der Waals surface area (Å²) in [6.45, 7) is 0. The first-order valence-corrected chi connectivity index (χ1v) is 6.92. The Labute approximate surface area is 121 Å². The van der Waals surface area contributed by atoms with Crippen molar-refractivity contribution in [2.45, 2.75) is 19.3 Å². The van der Waals surface area contributed by atoms with E-state index < -0.39 is 0 Å². The molecule has 0 unspecified atom stereocenters. The molecule has 2 aromatic rings. The van der Waals surface area contributed by atoms with Crippen LogP contribution in [0.15, 0.2) is 48.5 Å². The van der Waals surface area contributed by atoms with Gasteiger partial charge in [-0.3, -0.25) is 0 Å². The molecule has 0 aliphatic rings. The number of hydrogen-bond acceptors (Lipinski definition) is 2. The van der Waals surface area contributed by atoms with Crippen molar-refractivity contribution in [2.24, 2.45) is 0 Å². The molecule has 1 radical (unpaired) electrons. The molecule has 20 heavy (non-hydrogen) atoms. The molecule has 0 aliphatic carbocycles. The molecule has 0 saturated heterocycles. The minimum Gasteiger partial charge on any atom is -0.497 e. The second kappa shape index (κ2) is 7.59. The summed E-state index contributed by atoms with van der Waals surface area (Å²) in [5, 5.41) is 0. The Morgan fingerprint density at radius 1 is 0.800 bits per heavy atom. The van der Waals surface area contributed by atoms with E-state index >= 15 is 0 Å². The Balaban J connectivity index is 1.72. The van der Waals surface area contributed by atoms with Crippen molar-refractivity contribution in [3.8, 4) is 11.5 Å². The fourth-order valence-corrected chi connectivity index (χ4v) is 2.11. The van der Waals surface area contributed by atoms with E-state index in [-0.39, 0.29) is 0 Å². The molecule has 0 amide bonds. The fourth-order valence-electron chi connectivity index (χ4n) is 2.11. The third-order valence-electron chi connectivity index (χ3n) is 3.32. The summed E-state index contributed by atoms with van der Waals surface area (Å²) >= 11 is 0. The van der Waals surface area contributed by atoms with E-state index in [1.165, 1.54) is 11.1 Å². The summed E-state index contributed by atoms with van der Waals surface area (Å²) in [6, 6.07) is 16.5. The largest absolute Gasteiger partial charge is 0.497 e. The maximum atomic E-state index is 5.16. The van der Waals surface area contributed by atoms with Crippen LogP contribution in [-0.4, -0.2) is 14.2 Å². The first kappa shape index (κ1) is 14.4. The molecule has 2 aromatic carbocycles. The van der Waals surface area contributed by atoms with Crippen molar-refractivity contribution in [2.75, 3.05) is 14.2 Å². The van der Waals surface area contributed by atoms with Crippen LogP contribution < -0.4 is 9.47 Å². The zero-order valence-corrected chi connectivity index (χ0v) is 12.1. The van der Waals surface area contributed by atoms with Crippen molar-refractivity contribution < 1.29 is 9.47 Å². The SMILES string of the molecule is COc1ccc([CH]CCCc2ccc(OC)cc2)cc1. The fraction of sp³-hybridized carbons (Fsp3) is 0.278. The second-order valence-corrected chi connectivity index (χ2v) is 4.72. The third-order valence-corrected chi connectivity index (χ3v) is 3.32. The monoisotopic (exact) mass is 269 g/mol. The highest BCUT2D eigenvalue weighted by molar-refractivity contribution is 5.31. The molecule has 0 bridgehead atoms. The van der Waals surface area contributed by atoms with E-state index in [4.69, 9.17) is 9.47 Å². The van der Waals surface area contributed by atoms with Crippen LogP contribution in [0.3, 0.4) is 0 Å².